The number of anilines is 1. The fraction of sp³-hybridized carbons (Fsp3) is 0.417. The fourth-order valence-corrected chi connectivity index (χ4v) is 1.88. The Morgan fingerprint density at radius 3 is 2.72 bits per heavy atom. The first-order valence-electron chi connectivity index (χ1n) is 5.72. The van der Waals surface area contributed by atoms with Gasteiger partial charge in [0.05, 0.1) is 4.92 Å². The monoisotopic (exact) mass is 250 g/mol. The topological polar surface area (TPSA) is 83.7 Å². The van der Waals surface area contributed by atoms with E-state index in [-0.39, 0.29) is 11.3 Å². The van der Waals surface area contributed by atoms with Gasteiger partial charge in [-0.3, -0.25) is 10.1 Å². The molecule has 18 heavy (non-hydrogen) atoms. The van der Waals surface area contributed by atoms with E-state index in [1.165, 1.54) is 25.0 Å². The van der Waals surface area contributed by atoms with E-state index in [0.717, 1.165) is 6.54 Å². The number of carboxylic acid groups (broad SMARTS) is 1. The minimum absolute atomic E-state index is 0.274. The molecule has 0 radical (unpaired) electrons. The smallest absolute Gasteiger partial charge is 0.342 e. The van der Waals surface area contributed by atoms with Gasteiger partial charge in [-0.25, -0.2) is 4.79 Å². The summed E-state index contributed by atoms with van der Waals surface area (Å²) in [5.74, 6) is -0.619. The molecule has 0 aromatic heterocycles. The SMILES string of the molecule is CN(CC1CC1)c1ccc(C(=O)O)c([N+](=O)[O-])c1. The highest BCUT2D eigenvalue weighted by molar-refractivity contribution is 5.93. The van der Waals surface area contributed by atoms with Crippen LogP contribution in [-0.2, 0) is 0 Å². The number of aromatic carboxylic acids is 1. The number of carboxylic acids is 1. The Morgan fingerprint density at radius 2 is 2.22 bits per heavy atom. The van der Waals surface area contributed by atoms with Gasteiger partial charge in [0.2, 0.25) is 0 Å². The molecule has 0 atom stereocenters. The maximum absolute atomic E-state index is 10.9. The average Bonchev–Trinajstić information content (AvgIpc) is 3.11. The summed E-state index contributed by atoms with van der Waals surface area (Å²) in [4.78, 5) is 23.0. The molecule has 1 aromatic rings. The number of carbonyl (C=O) groups is 1. The van der Waals surface area contributed by atoms with Crippen molar-refractivity contribution in [2.24, 2.45) is 5.92 Å². The van der Waals surface area contributed by atoms with Crippen LogP contribution < -0.4 is 4.90 Å². The lowest BCUT2D eigenvalue weighted by Crippen LogP contribution is -2.20. The second-order valence-corrected chi connectivity index (χ2v) is 4.59. The van der Waals surface area contributed by atoms with Crippen molar-refractivity contribution in [3.63, 3.8) is 0 Å². The van der Waals surface area contributed by atoms with Crippen LogP contribution in [0.25, 0.3) is 0 Å². The van der Waals surface area contributed by atoms with E-state index in [2.05, 4.69) is 0 Å². The number of hydrogen-bond acceptors (Lipinski definition) is 4. The second kappa shape index (κ2) is 4.64. The molecule has 1 saturated carbocycles. The molecule has 0 unspecified atom stereocenters. The Morgan fingerprint density at radius 1 is 1.56 bits per heavy atom. The molecule has 0 bridgehead atoms. The van der Waals surface area contributed by atoms with Gasteiger partial charge in [-0.15, -0.1) is 0 Å². The summed E-state index contributed by atoms with van der Waals surface area (Å²) in [6.45, 7) is 0.851. The molecule has 0 saturated heterocycles. The quantitative estimate of drug-likeness (QED) is 0.639. The molecule has 0 amide bonds. The summed E-state index contributed by atoms with van der Waals surface area (Å²) in [6.07, 6.45) is 2.39. The summed E-state index contributed by atoms with van der Waals surface area (Å²) in [7, 11) is 1.86. The van der Waals surface area contributed by atoms with E-state index in [1.54, 1.807) is 6.07 Å². The molecule has 0 heterocycles. The molecular weight excluding hydrogens is 236 g/mol. The Balaban J connectivity index is 2.29. The number of nitrogens with zero attached hydrogens (tertiary/aromatic N) is 2. The molecule has 1 aliphatic rings. The zero-order valence-corrected chi connectivity index (χ0v) is 10.00. The van der Waals surface area contributed by atoms with E-state index < -0.39 is 10.9 Å². The molecule has 96 valence electrons. The number of benzene rings is 1. The Labute approximate surface area is 104 Å². The van der Waals surface area contributed by atoms with E-state index in [0.29, 0.717) is 11.6 Å². The van der Waals surface area contributed by atoms with Crippen LogP contribution in [0.1, 0.15) is 23.2 Å². The summed E-state index contributed by atoms with van der Waals surface area (Å²) >= 11 is 0. The molecule has 1 N–H and O–H groups in total. The molecule has 6 nitrogen and oxygen atoms in total. The van der Waals surface area contributed by atoms with Crippen molar-refractivity contribution in [2.75, 3.05) is 18.5 Å². The van der Waals surface area contributed by atoms with Crippen LogP contribution in [-0.4, -0.2) is 29.6 Å². The van der Waals surface area contributed by atoms with Crippen LogP contribution in [0.2, 0.25) is 0 Å². The third kappa shape index (κ3) is 2.58. The van der Waals surface area contributed by atoms with Crippen molar-refractivity contribution >= 4 is 17.3 Å². The van der Waals surface area contributed by atoms with Crippen molar-refractivity contribution < 1.29 is 14.8 Å². The van der Waals surface area contributed by atoms with Crippen LogP contribution in [0, 0.1) is 16.0 Å². The van der Waals surface area contributed by atoms with E-state index >= 15 is 0 Å². The lowest BCUT2D eigenvalue weighted by molar-refractivity contribution is -0.385. The number of nitro benzene ring substituents is 1. The van der Waals surface area contributed by atoms with Gasteiger partial charge < -0.3 is 10.0 Å². The molecule has 0 aliphatic heterocycles. The molecular formula is C12H14N2O4. The zero-order chi connectivity index (χ0) is 13.3. The van der Waals surface area contributed by atoms with Gasteiger partial charge in [-0.1, -0.05) is 0 Å². The molecule has 2 rings (SSSR count). The van der Waals surface area contributed by atoms with Crippen molar-refractivity contribution in [1.82, 2.24) is 0 Å². The van der Waals surface area contributed by atoms with Crippen LogP contribution in [0.3, 0.4) is 0 Å². The standard InChI is InChI=1S/C12H14N2O4/c1-13(7-8-2-3-8)9-4-5-10(12(15)16)11(6-9)14(17)18/h4-6,8H,2-3,7H2,1H3,(H,15,16). The first kappa shape index (κ1) is 12.3. The maximum atomic E-state index is 10.9. The van der Waals surface area contributed by atoms with Crippen LogP contribution in [0.4, 0.5) is 11.4 Å². The van der Waals surface area contributed by atoms with E-state index in [4.69, 9.17) is 5.11 Å². The minimum atomic E-state index is -1.28. The van der Waals surface area contributed by atoms with Gasteiger partial charge >= 0.3 is 5.97 Å². The van der Waals surface area contributed by atoms with Crippen LogP contribution in [0.5, 0.6) is 0 Å². The van der Waals surface area contributed by atoms with Crippen molar-refractivity contribution in [3.8, 4) is 0 Å². The largest absolute Gasteiger partial charge is 0.477 e. The summed E-state index contributed by atoms with van der Waals surface area (Å²) < 4.78 is 0. The lowest BCUT2D eigenvalue weighted by atomic mass is 10.1. The zero-order valence-electron chi connectivity index (χ0n) is 10.00. The number of hydrogen-bond donors (Lipinski definition) is 1. The first-order valence-corrected chi connectivity index (χ1v) is 5.72. The van der Waals surface area contributed by atoms with Gasteiger partial charge in [-0.05, 0) is 30.9 Å². The minimum Gasteiger partial charge on any atom is -0.477 e. The molecule has 0 spiro atoms. The predicted octanol–water partition coefficient (Wildman–Crippen LogP) is 2.14. The van der Waals surface area contributed by atoms with Crippen molar-refractivity contribution in [2.45, 2.75) is 12.8 Å². The highest BCUT2D eigenvalue weighted by Gasteiger charge is 2.25. The van der Waals surface area contributed by atoms with Gasteiger partial charge in [0.1, 0.15) is 5.56 Å². The van der Waals surface area contributed by atoms with E-state index in [9.17, 15) is 14.9 Å². The number of rotatable bonds is 5. The van der Waals surface area contributed by atoms with Crippen LogP contribution in [0.15, 0.2) is 18.2 Å². The summed E-state index contributed by atoms with van der Waals surface area (Å²) in [5.41, 5.74) is 0.0461. The van der Waals surface area contributed by atoms with Gasteiger partial charge in [-0.2, -0.15) is 0 Å². The van der Waals surface area contributed by atoms with E-state index in [1.807, 2.05) is 11.9 Å². The average molecular weight is 250 g/mol. The first-order chi connectivity index (χ1) is 8.49. The Hall–Kier alpha value is -2.11. The van der Waals surface area contributed by atoms with Crippen molar-refractivity contribution in [1.29, 1.82) is 0 Å². The summed E-state index contributed by atoms with van der Waals surface area (Å²) in [6, 6.07) is 4.23. The molecule has 1 aliphatic carbocycles. The molecule has 6 heteroatoms. The third-order valence-corrected chi connectivity index (χ3v) is 3.08. The molecule has 1 fully saturated rings. The number of nitro groups is 1. The van der Waals surface area contributed by atoms with Gasteiger partial charge in [0.15, 0.2) is 0 Å². The second-order valence-electron chi connectivity index (χ2n) is 4.59. The highest BCUT2D eigenvalue weighted by Crippen LogP contribution is 2.32. The van der Waals surface area contributed by atoms with Gasteiger partial charge in [0, 0.05) is 25.3 Å². The highest BCUT2D eigenvalue weighted by atomic mass is 16.6. The Kier molecular flexibility index (Phi) is 3.18. The molecule has 1 aromatic carbocycles. The van der Waals surface area contributed by atoms with Crippen LogP contribution >= 0.6 is 0 Å². The lowest BCUT2D eigenvalue weighted by Gasteiger charge is -2.18. The maximum Gasteiger partial charge on any atom is 0.342 e. The summed E-state index contributed by atoms with van der Waals surface area (Å²) in [5, 5.41) is 19.7. The normalized spacial score (nSPS) is 14.3. The predicted molar refractivity (Wildman–Crippen MR) is 66.0 cm³/mol. The third-order valence-electron chi connectivity index (χ3n) is 3.08. The Bertz CT molecular complexity index is 497. The van der Waals surface area contributed by atoms with Crippen molar-refractivity contribution in [3.05, 3.63) is 33.9 Å². The van der Waals surface area contributed by atoms with Gasteiger partial charge in [0.25, 0.3) is 5.69 Å². The fourth-order valence-electron chi connectivity index (χ4n) is 1.88.